The molecule has 2 aliphatic heterocycles. The van der Waals surface area contributed by atoms with Crippen LogP contribution in [0.1, 0.15) is 22.8 Å². The SMILES string of the molecule is CCOC(=O)N1CCN(C(=O)c2ccc(CN3CCN(c4ccccc4)CC3)cc2)CC1. The number of hydrogen-bond donors (Lipinski definition) is 0. The van der Waals surface area contributed by atoms with E-state index in [1.54, 1.807) is 11.8 Å². The molecular weight excluding hydrogens is 404 g/mol. The molecular formula is C25H32N4O3. The molecule has 2 aromatic rings. The van der Waals surface area contributed by atoms with Crippen LogP contribution in [0.2, 0.25) is 0 Å². The average molecular weight is 437 g/mol. The van der Waals surface area contributed by atoms with E-state index in [0.29, 0.717) is 38.3 Å². The summed E-state index contributed by atoms with van der Waals surface area (Å²) in [5.74, 6) is 0.0246. The van der Waals surface area contributed by atoms with Crippen LogP contribution >= 0.6 is 0 Å². The van der Waals surface area contributed by atoms with Crippen molar-refractivity contribution in [2.75, 3.05) is 63.9 Å². The van der Waals surface area contributed by atoms with Crippen molar-refractivity contribution < 1.29 is 14.3 Å². The van der Waals surface area contributed by atoms with Crippen LogP contribution in [0.15, 0.2) is 54.6 Å². The summed E-state index contributed by atoms with van der Waals surface area (Å²) in [5, 5.41) is 0. The first-order chi connectivity index (χ1) is 15.6. The summed E-state index contributed by atoms with van der Waals surface area (Å²) in [4.78, 5) is 33.0. The molecule has 0 bridgehead atoms. The lowest BCUT2D eigenvalue weighted by Crippen LogP contribution is -2.50. The lowest BCUT2D eigenvalue weighted by molar-refractivity contribution is 0.0570. The molecule has 0 atom stereocenters. The zero-order valence-corrected chi connectivity index (χ0v) is 18.8. The Labute approximate surface area is 190 Å². The van der Waals surface area contributed by atoms with Gasteiger partial charge in [0.15, 0.2) is 0 Å². The molecule has 2 heterocycles. The number of anilines is 1. The maximum Gasteiger partial charge on any atom is 0.409 e. The molecule has 2 amide bonds. The topological polar surface area (TPSA) is 56.3 Å². The number of carbonyl (C=O) groups excluding carboxylic acids is 2. The summed E-state index contributed by atoms with van der Waals surface area (Å²) in [6.45, 7) is 9.26. The lowest BCUT2D eigenvalue weighted by atomic mass is 10.1. The second-order valence-corrected chi connectivity index (χ2v) is 8.27. The first-order valence-electron chi connectivity index (χ1n) is 11.5. The Hall–Kier alpha value is -3.06. The summed E-state index contributed by atoms with van der Waals surface area (Å²) in [6, 6.07) is 18.5. The molecule has 0 radical (unpaired) electrons. The molecule has 32 heavy (non-hydrogen) atoms. The second kappa shape index (κ2) is 10.5. The monoisotopic (exact) mass is 436 g/mol. The van der Waals surface area contributed by atoms with E-state index >= 15 is 0 Å². The number of nitrogens with zero attached hydrogens (tertiary/aromatic N) is 4. The van der Waals surface area contributed by atoms with Gasteiger partial charge in [-0.15, -0.1) is 0 Å². The third-order valence-electron chi connectivity index (χ3n) is 6.19. The van der Waals surface area contributed by atoms with Gasteiger partial charge in [0, 0.05) is 70.2 Å². The van der Waals surface area contributed by atoms with E-state index in [4.69, 9.17) is 4.74 Å². The first-order valence-corrected chi connectivity index (χ1v) is 11.5. The minimum atomic E-state index is -0.298. The maximum atomic E-state index is 12.8. The highest BCUT2D eigenvalue weighted by atomic mass is 16.6. The molecule has 0 aromatic heterocycles. The third-order valence-corrected chi connectivity index (χ3v) is 6.19. The average Bonchev–Trinajstić information content (AvgIpc) is 2.85. The van der Waals surface area contributed by atoms with Crippen LogP contribution in [0, 0.1) is 0 Å². The summed E-state index contributed by atoms with van der Waals surface area (Å²) in [5.41, 5.74) is 3.21. The second-order valence-electron chi connectivity index (χ2n) is 8.27. The molecule has 7 nitrogen and oxygen atoms in total. The van der Waals surface area contributed by atoms with Crippen LogP contribution in [0.25, 0.3) is 0 Å². The number of benzene rings is 2. The largest absolute Gasteiger partial charge is 0.450 e. The Morgan fingerprint density at radius 3 is 2.03 bits per heavy atom. The number of rotatable bonds is 5. The molecule has 0 N–H and O–H groups in total. The highest BCUT2D eigenvalue weighted by molar-refractivity contribution is 5.94. The number of carbonyl (C=O) groups is 2. The van der Waals surface area contributed by atoms with E-state index in [-0.39, 0.29) is 12.0 Å². The van der Waals surface area contributed by atoms with Crippen molar-refractivity contribution in [3.8, 4) is 0 Å². The minimum Gasteiger partial charge on any atom is -0.450 e. The van der Waals surface area contributed by atoms with E-state index in [0.717, 1.165) is 32.7 Å². The predicted molar refractivity (Wildman–Crippen MR) is 125 cm³/mol. The van der Waals surface area contributed by atoms with Crippen molar-refractivity contribution in [3.63, 3.8) is 0 Å². The van der Waals surface area contributed by atoms with Gasteiger partial charge in [-0.2, -0.15) is 0 Å². The standard InChI is InChI=1S/C25H32N4O3/c1-2-32-25(31)29-18-16-28(17-19-29)24(30)22-10-8-21(9-11-22)20-26-12-14-27(15-13-26)23-6-4-3-5-7-23/h3-11H,2,12-20H2,1H3. The van der Waals surface area contributed by atoms with Gasteiger partial charge in [-0.1, -0.05) is 30.3 Å². The van der Waals surface area contributed by atoms with Crippen molar-refractivity contribution in [3.05, 3.63) is 65.7 Å². The Morgan fingerprint density at radius 2 is 1.41 bits per heavy atom. The van der Waals surface area contributed by atoms with Gasteiger partial charge in [0.05, 0.1) is 6.61 Å². The molecule has 2 saturated heterocycles. The highest BCUT2D eigenvalue weighted by Crippen LogP contribution is 2.17. The predicted octanol–water partition coefficient (Wildman–Crippen LogP) is 2.92. The summed E-state index contributed by atoms with van der Waals surface area (Å²) in [6.07, 6.45) is -0.298. The van der Waals surface area contributed by atoms with Crippen LogP contribution in [0.4, 0.5) is 10.5 Å². The van der Waals surface area contributed by atoms with Crippen molar-refractivity contribution >= 4 is 17.7 Å². The van der Waals surface area contributed by atoms with Crippen molar-refractivity contribution in [2.24, 2.45) is 0 Å². The fourth-order valence-electron chi connectivity index (χ4n) is 4.30. The molecule has 2 aromatic carbocycles. The van der Waals surface area contributed by atoms with Gasteiger partial charge in [0.1, 0.15) is 0 Å². The minimum absolute atomic E-state index is 0.0246. The van der Waals surface area contributed by atoms with Crippen molar-refractivity contribution in [2.45, 2.75) is 13.5 Å². The van der Waals surface area contributed by atoms with Gasteiger partial charge in [-0.3, -0.25) is 9.69 Å². The fourth-order valence-corrected chi connectivity index (χ4v) is 4.30. The molecule has 7 heteroatoms. The van der Waals surface area contributed by atoms with Crippen molar-refractivity contribution in [1.29, 1.82) is 0 Å². The van der Waals surface area contributed by atoms with E-state index in [9.17, 15) is 9.59 Å². The van der Waals surface area contributed by atoms with Gasteiger partial charge in [-0.05, 0) is 36.8 Å². The lowest BCUT2D eigenvalue weighted by Gasteiger charge is -2.36. The van der Waals surface area contributed by atoms with E-state index in [1.807, 2.05) is 17.0 Å². The molecule has 4 rings (SSSR count). The van der Waals surface area contributed by atoms with Gasteiger partial charge in [0.2, 0.25) is 0 Å². The number of ether oxygens (including phenoxy) is 1. The van der Waals surface area contributed by atoms with Crippen LogP contribution in [-0.4, -0.2) is 85.7 Å². The number of amides is 2. The van der Waals surface area contributed by atoms with Crippen molar-refractivity contribution in [1.82, 2.24) is 14.7 Å². The molecule has 170 valence electrons. The Morgan fingerprint density at radius 1 is 0.781 bits per heavy atom. The number of para-hydroxylation sites is 1. The fraction of sp³-hybridized carbons (Fsp3) is 0.440. The summed E-state index contributed by atoms with van der Waals surface area (Å²) < 4.78 is 5.04. The summed E-state index contributed by atoms with van der Waals surface area (Å²) in [7, 11) is 0. The van der Waals surface area contributed by atoms with Crippen LogP contribution in [0.5, 0.6) is 0 Å². The molecule has 0 aliphatic carbocycles. The molecule has 0 saturated carbocycles. The highest BCUT2D eigenvalue weighted by Gasteiger charge is 2.25. The molecule has 0 unspecified atom stereocenters. The van der Waals surface area contributed by atoms with Crippen LogP contribution < -0.4 is 4.90 Å². The van der Waals surface area contributed by atoms with Gasteiger partial charge >= 0.3 is 6.09 Å². The quantitative estimate of drug-likeness (QED) is 0.721. The molecule has 2 fully saturated rings. The van der Waals surface area contributed by atoms with Gasteiger partial charge < -0.3 is 19.4 Å². The first kappa shape index (κ1) is 22.1. The molecule has 0 spiro atoms. The van der Waals surface area contributed by atoms with E-state index in [2.05, 4.69) is 52.3 Å². The van der Waals surface area contributed by atoms with Crippen LogP contribution in [-0.2, 0) is 11.3 Å². The van der Waals surface area contributed by atoms with E-state index < -0.39 is 0 Å². The zero-order valence-electron chi connectivity index (χ0n) is 18.8. The Bertz CT molecular complexity index is 887. The number of hydrogen-bond acceptors (Lipinski definition) is 5. The zero-order chi connectivity index (χ0) is 22.3. The number of piperazine rings is 2. The molecule has 2 aliphatic rings. The van der Waals surface area contributed by atoms with E-state index in [1.165, 1.54) is 11.3 Å². The van der Waals surface area contributed by atoms with Crippen LogP contribution in [0.3, 0.4) is 0 Å². The van der Waals surface area contributed by atoms with Gasteiger partial charge in [0.25, 0.3) is 5.91 Å². The third kappa shape index (κ3) is 5.40. The Balaban J connectivity index is 1.25. The summed E-state index contributed by atoms with van der Waals surface area (Å²) >= 11 is 0. The smallest absolute Gasteiger partial charge is 0.409 e. The Kier molecular flexibility index (Phi) is 7.27. The van der Waals surface area contributed by atoms with Gasteiger partial charge in [-0.25, -0.2) is 4.79 Å². The maximum absolute atomic E-state index is 12.8. The normalized spacial score (nSPS) is 17.3.